The van der Waals surface area contributed by atoms with Crippen LogP contribution in [0.3, 0.4) is 0 Å². The number of hydrogen-bond donors (Lipinski definition) is 7. The molecule has 0 saturated carbocycles. The fraction of sp³-hybridized carbons (Fsp3) is 0.500. The lowest BCUT2D eigenvalue weighted by atomic mass is 10.1. The van der Waals surface area contributed by atoms with Crippen LogP contribution in [0.5, 0.6) is 0 Å². The lowest BCUT2D eigenvalue weighted by Crippen LogP contribution is -2.33. The topological polar surface area (TPSA) is 265 Å². The third kappa shape index (κ3) is 6.70. The molecule has 2 fully saturated rings. The highest BCUT2D eigenvalue weighted by molar-refractivity contribution is 8.33. The summed E-state index contributed by atoms with van der Waals surface area (Å²) in [5, 5.41) is 26.1. The Bertz CT molecular complexity index is 1800. The van der Waals surface area contributed by atoms with E-state index in [4.69, 9.17) is 41.6 Å². The molecule has 45 heavy (non-hydrogen) atoms. The van der Waals surface area contributed by atoms with Crippen molar-refractivity contribution in [1.82, 2.24) is 39.5 Å². The van der Waals surface area contributed by atoms with Crippen molar-refractivity contribution in [2.24, 2.45) is 0 Å². The quantitative estimate of drug-likeness (QED) is 0.0956. The van der Waals surface area contributed by atoms with Gasteiger partial charge in [0.15, 0.2) is 23.6 Å². The van der Waals surface area contributed by atoms with Crippen LogP contribution in [0.2, 0.25) is 0 Å². The number of nitrogens with two attached hydrogens (primary N) is 2. The number of halogens is 2. The number of aliphatic hydroxyl groups excluding tert-OH is 2. The number of hydrogen-bond acceptors (Lipinski definition) is 16. The van der Waals surface area contributed by atoms with Crippen molar-refractivity contribution in [3.8, 4) is 0 Å². The summed E-state index contributed by atoms with van der Waals surface area (Å²) in [6, 6.07) is 1.57. The van der Waals surface area contributed by atoms with Crippen molar-refractivity contribution in [3.05, 3.63) is 28.9 Å². The van der Waals surface area contributed by atoms with Gasteiger partial charge in [0.2, 0.25) is 13.6 Å². The van der Waals surface area contributed by atoms with E-state index in [-0.39, 0.29) is 36.2 Å². The molecule has 6 rings (SSSR count). The van der Waals surface area contributed by atoms with Gasteiger partial charge in [0, 0.05) is 6.20 Å². The third-order valence-electron chi connectivity index (χ3n) is 6.80. The Kier molecular flexibility index (Phi) is 10.4. The van der Waals surface area contributed by atoms with Gasteiger partial charge in [0.25, 0.3) is 5.56 Å². The average molecular weight is 729 g/mol. The molecule has 0 amide bonds. The molecule has 25 heteroatoms. The SMILES string of the molecule is Nc1nc2c(nnn2[C@@H]2S[C@H](CO)[C@@H](F)[C@H]2OP(O)(=S)OC[C@H]2O[C@@H](n3ccc4c(N)ncnc43)[C@@H](F)[C@@H]2O)c(=O)[nH]1.O=PS. The van der Waals surface area contributed by atoms with E-state index < -0.39 is 73.0 Å². The Morgan fingerprint density at radius 2 is 2.02 bits per heavy atom. The minimum Gasteiger partial charge on any atom is -0.395 e. The molecule has 6 heterocycles. The number of thiol groups is 1. The number of nitrogens with one attached hydrogen (secondary N) is 1. The molecule has 9 atom stereocenters. The fourth-order valence-corrected chi connectivity index (χ4v) is 7.66. The standard InChI is InChI=1S/C20H23F2N10O7PS2.HOPS/c21-9-8(3-33)42-19(32-16-11(29-30-32)17(35)28-20(24)27-16)13(9)39-40(36,41)37-4-7-12(34)10(22)18(38-7)31-2-1-6-14(23)25-5-26-15(6)31;1-2-3/h1-2,5,7-10,12-13,18-19,33-34H,3-4H2,(H,36,41)(H2,23,25,26)(H3,24,27,28,35);(H,1,3)/t7-,8-,9-,10+,12-,13-,18-,19-,40?;/m1./s1. The monoisotopic (exact) mass is 728 g/mol. The van der Waals surface area contributed by atoms with Crippen LogP contribution in [0.25, 0.3) is 22.2 Å². The fourth-order valence-electron chi connectivity index (χ4n) is 4.79. The number of nitrogens with zero attached hydrogens (tertiary/aromatic N) is 7. The van der Waals surface area contributed by atoms with Gasteiger partial charge in [-0.25, -0.2) is 23.4 Å². The van der Waals surface area contributed by atoms with Gasteiger partial charge in [-0.2, -0.15) is 4.98 Å². The van der Waals surface area contributed by atoms with Crippen LogP contribution in [-0.2, 0) is 30.2 Å². The first-order valence-electron chi connectivity index (χ1n) is 12.6. The summed E-state index contributed by atoms with van der Waals surface area (Å²) in [6.07, 6.45) is -7.01. The molecular formula is C20H24F2N10O8P2S3. The van der Waals surface area contributed by atoms with E-state index in [2.05, 4.69) is 42.5 Å². The van der Waals surface area contributed by atoms with Crippen LogP contribution in [0.4, 0.5) is 20.5 Å². The van der Waals surface area contributed by atoms with Crippen LogP contribution < -0.4 is 17.0 Å². The number of nitrogen functional groups attached to an aromatic ring is 2. The van der Waals surface area contributed by atoms with Crippen LogP contribution in [0.15, 0.2) is 23.4 Å². The Balaban J connectivity index is 0.00000128. The Morgan fingerprint density at radius 3 is 2.73 bits per heavy atom. The van der Waals surface area contributed by atoms with E-state index in [9.17, 15) is 19.9 Å². The predicted molar refractivity (Wildman–Crippen MR) is 163 cm³/mol. The van der Waals surface area contributed by atoms with Crippen LogP contribution in [0.1, 0.15) is 11.6 Å². The van der Waals surface area contributed by atoms with Crippen LogP contribution in [0, 0.1) is 0 Å². The van der Waals surface area contributed by atoms with E-state index in [0.717, 1.165) is 16.4 Å². The minimum absolute atomic E-state index is 0.0904. The number of ether oxygens (including phenoxy) is 1. The number of H-pyrrole nitrogens is 1. The van der Waals surface area contributed by atoms with E-state index >= 15 is 8.78 Å². The van der Waals surface area contributed by atoms with E-state index in [1.165, 1.54) is 17.1 Å². The minimum atomic E-state index is -4.29. The van der Waals surface area contributed by atoms with Gasteiger partial charge in [0.1, 0.15) is 47.6 Å². The summed E-state index contributed by atoms with van der Waals surface area (Å²) < 4.78 is 58.3. The van der Waals surface area contributed by atoms with Gasteiger partial charge in [-0.05, 0) is 17.9 Å². The van der Waals surface area contributed by atoms with Gasteiger partial charge >= 0.3 is 6.72 Å². The molecule has 0 bridgehead atoms. The predicted octanol–water partition coefficient (Wildman–Crippen LogP) is 0.406. The summed E-state index contributed by atoms with van der Waals surface area (Å²) in [7, 11) is -0.139. The number of anilines is 2. The number of aromatic nitrogens is 8. The smallest absolute Gasteiger partial charge is 0.325 e. The van der Waals surface area contributed by atoms with E-state index in [1.54, 1.807) is 6.07 Å². The molecule has 0 radical (unpaired) electrons. The summed E-state index contributed by atoms with van der Waals surface area (Å²) in [4.78, 5) is 37.3. The maximum absolute atomic E-state index is 15.4. The second kappa shape index (κ2) is 13.7. The molecule has 18 nitrogen and oxygen atoms in total. The van der Waals surface area contributed by atoms with Crippen molar-refractivity contribution < 1.29 is 42.2 Å². The van der Waals surface area contributed by atoms with Gasteiger partial charge in [-0.15, -0.1) is 16.9 Å². The second-order valence-electron chi connectivity index (χ2n) is 9.48. The van der Waals surface area contributed by atoms with Gasteiger partial charge in [0.05, 0.1) is 23.8 Å². The van der Waals surface area contributed by atoms with Crippen molar-refractivity contribution >= 4 is 84.2 Å². The second-order valence-corrected chi connectivity index (χ2v) is 14.3. The Hall–Kier alpha value is -2.43. The normalized spacial score (nSPS) is 29.6. The zero-order valence-corrected chi connectivity index (χ0v) is 26.7. The molecule has 0 aromatic carbocycles. The van der Waals surface area contributed by atoms with Crippen molar-refractivity contribution in [2.45, 2.75) is 47.5 Å². The maximum atomic E-state index is 15.4. The van der Waals surface area contributed by atoms with Crippen LogP contribution >= 0.6 is 38.4 Å². The van der Waals surface area contributed by atoms with Crippen molar-refractivity contribution in [2.75, 3.05) is 24.7 Å². The molecule has 244 valence electrons. The summed E-state index contributed by atoms with van der Waals surface area (Å²) in [5.41, 5.74) is 10.8. The first kappa shape index (κ1) is 33.9. The number of fused-ring (bicyclic) bond motifs is 2. The highest BCUT2D eigenvalue weighted by atomic mass is 32.7. The zero-order chi connectivity index (χ0) is 32.6. The highest BCUT2D eigenvalue weighted by Gasteiger charge is 2.51. The average Bonchev–Trinajstić information content (AvgIpc) is 3.74. The van der Waals surface area contributed by atoms with Crippen LogP contribution in [-0.4, -0.2) is 104 Å². The number of rotatable bonds is 8. The van der Waals surface area contributed by atoms with Gasteiger partial charge in [-0.3, -0.25) is 18.9 Å². The number of alkyl halides is 2. The number of aromatic amines is 1. The highest BCUT2D eigenvalue weighted by Crippen LogP contribution is 2.54. The van der Waals surface area contributed by atoms with E-state index in [1.807, 2.05) is 0 Å². The van der Waals surface area contributed by atoms with E-state index in [0.29, 0.717) is 5.39 Å². The molecule has 8 N–H and O–H groups in total. The number of aliphatic hydroxyl groups is 2. The summed E-state index contributed by atoms with van der Waals surface area (Å²) in [6.45, 7) is -5.52. The summed E-state index contributed by atoms with van der Waals surface area (Å²) >= 11 is 9.19. The molecule has 4 aromatic heterocycles. The lowest BCUT2D eigenvalue weighted by molar-refractivity contribution is -0.0459. The first-order chi connectivity index (χ1) is 21.4. The molecule has 4 aromatic rings. The molecule has 2 saturated heterocycles. The molecule has 0 spiro atoms. The van der Waals surface area contributed by atoms with Crippen molar-refractivity contribution in [3.63, 3.8) is 0 Å². The molecule has 1 unspecified atom stereocenters. The molecule has 0 aliphatic carbocycles. The van der Waals surface area contributed by atoms with Crippen molar-refractivity contribution in [1.29, 1.82) is 0 Å². The zero-order valence-electron chi connectivity index (χ0n) is 22.3. The number of thioether (sulfide) groups is 1. The third-order valence-corrected chi connectivity index (χ3v) is 9.87. The lowest BCUT2D eigenvalue weighted by Gasteiger charge is -2.26. The Labute approximate surface area is 266 Å². The first-order valence-corrected chi connectivity index (χ1v) is 18.1. The summed E-state index contributed by atoms with van der Waals surface area (Å²) in [5.74, 6) is -0.0697. The van der Waals surface area contributed by atoms with Gasteiger partial charge < -0.3 is 40.4 Å². The molecule has 2 aliphatic heterocycles. The largest absolute Gasteiger partial charge is 0.395 e. The molecule has 2 aliphatic rings. The molecular weight excluding hydrogens is 704 g/mol. The Morgan fingerprint density at radius 1 is 1.29 bits per heavy atom. The van der Waals surface area contributed by atoms with Gasteiger partial charge in [-0.1, -0.05) is 17.5 Å². The maximum Gasteiger partial charge on any atom is 0.325 e.